The fraction of sp³-hybridized carbons (Fsp3) is 0.125. The van der Waals surface area contributed by atoms with Gasteiger partial charge in [-0.15, -0.1) is 10.2 Å². The lowest BCUT2D eigenvalue weighted by molar-refractivity contribution is 1.01. The maximum atomic E-state index is 6.11. The number of aryl methyl sites for hydroxylation is 1. The molecular formula is C16H14ClN3. The van der Waals surface area contributed by atoms with Crippen molar-refractivity contribution in [1.82, 2.24) is 10.2 Å². The first kappa shape index (κ1) is 12.9. The van der Waals surface area contributed by atoms with E-state index in [1.165, 1.54) is 5.56 Å². The predicted molar refractivity (Wildman–Crippen MR) is 83.8 cm³/mol. The maximum Gasteiger partial charge on any atom is 0.163 e. The fourth-order valence-corrected chi connectivity index (χ4v) is 2.47. The fourth-order valence-electron chi connectivity index (χ4n) is 2.26. The Kier molecular flexibility index (Phi) is 3.28. The van der Waals surface area contributed by atoms with E-state index < -0.39 is 0 Å². The van der Waals surface area contributed by atoms with Crippen molar-refractivity contribution < 1.29 is 0 Å². The summed E-state index contributed by atoms with van der Waals surface area (Å²) in [4.78, 5) is 2.03. The number of nitrogens with zero attached hydrogens (tertiary/aromatic N) is 3. The third kappa shape index (κ3) is 2.21. The number of fused-ring (bicyclic) bond motifs is 1. The quantitative estimate of drug-likeness (QED) is 0.700. The zero-order chi connectivity index (χ0) is 14.1. The summed E-state index contributed by atoms with van der Waals surface area (Å²) in [6, 6.07) is 16.2. The monoisotopic (exact) mass is 283 g/mol. The predicted octanol–water partition coefficient (Wildman–Crippen LogP) is 4.36. The molecule has 0 aliphatic heterocycles. The highest BCUT2D eigenvalue weighted by Gasteiger charge is 2.12. The van der Waals surface area contributed by atoms with Crippen LogP contribution in [0.5, 0.6) is 0 Å². The number of hydrogen-bond acceptors (Lipinski definition) is 3. The van der Waals surface area contributed by atoms with Crippen molar-refractivity contribution in [2.45, 2.75) is 6.92 Å². The van der Waals surface area contributed by atoms with Crippen molar-refractivity contribution in [2.24, 2.45) is 0 Å². The number of anilines is 2. The Morgan fingerprint density at radius 2 is 1.70 bits per heavy atom. The maximum absolute atomic E-state index is 6.11. The molecule has 3 rings (SSSR count). The van der Waals surface area contributed by atoms with Crippen molar-refractivity contribution in [2.75, 3.05) is 11.9 Å². The van der Waals surface area contributed by atoms with Gasteiger partial charge in [0, 0.05) is 23.5 Å². The van der Waals surface area contributed by atoms with Gasteiger partial charge in [-0.2, -0.15) is 0 Å². The third-order valence-electron chi connectivity index (χ3n) is 3.33. The topological polar surface area (TPSA) is 29.0 Å². The Bertz CT molecular complexity index is 771. The Labute approximate surface area is 122 Å². The molecule has 0 spiro atoms. The molecule has 0 saturated heterocycles. The average Bonchev–Trinajstić information content (AvgIpc) is 2.47. The van der Waals surface area contributed by atoms with Crippen molar-refractivity contribution in [3.8, 4) is 0 Å². The highest BCUT2D eigenvalue weighted by atomic mass is 35.5. The Hall–Kier alpha value is -2.13. The SMILES string of the molecule is Cc1cccc(N(C)c2nnc(Cl)c3ccccc23)c1. The van der Waals surface area contributed by atoms with Crippen LogP contribution in [0.4, 0.5) is 11.5 Å². The van der Waals surface area contributed by atoms with E-state index >= 15 is 0 Å². The molecule has 1 aromatic heterocycles. The minimum absolute atomic E-state index is 0.432. The molecule has 3 aromatic rings. The molecule has 4 heteroatoms. The van der Waals surface area contributed by atoms with Crippen molar-refractivity contribution >= 4 is 33.9 Å². The first-order valence-electron chi connectivity index (χ1n) is 6.38. The van der Waals surface area contributed by atoms with E-state index in [-0.39, 0.29) is 0 Å². The van der Waals surface area contributed by atoms with Crippen LogP contribution in [0.15, 0.2) is 48.5 Å². The van der Waals surface area contributed by atoms with Crippen molar-refractivity contribution in [3.05, 3.63) is 59.2 Å². The van der Waals surface area contributed by atoms with Crippen LogP contribution in [0.3, 0.4) is 0 Å². The smallest absolute Gasteiger partial charge is 0.163 e. The zero-order valence-electron chi connectivity index (χ0n) is 11.3. The zero-order valence-corrected chi connectivity index (χ0v) is 12.1. The summed E-state index contributed by atoms with van der Waals surface area (Å²) in [7, 11) is 1.99. The second-order valence-electron chi connectivity index (χ2n) is 4.76. The molecule has 0 bridgehead atoms. The molecule has 0 unspecified atom stereocenters. The molecule has 1 heterocycles. The second-order valence-corrected chi connectivity index (χ2v) is 5.12. The normalized spacial score (nSPS) is 10.8. The minimum atomic E-state index is 0.432. The van der Waals surface area contributed by atoms with Gasteiger partial charge in [0.25, 0.3) is 0 Å². The van der Waals surface area contributed by atoms with Crippen LogP contribution >= 0.6 is 11.6 Å². The van der Waals surface area contributed by atoms with Crippen LogP contribution in [0.2, 0.25) is 5.15 Å². The Balaban J connectivity index is 2.17. The summed E-state index contributed by atoms with van der Waals surface area (Å²) in [6.07, 6.45) is 0. The van der Waals surface area contributed by atoms with E-state index in [1.807, 2.05) is 42.3 Å². The molecule has 3 nitrogen and oxygen atoms in total. The lowest BCUT2D eigenvalue weighted by atomic mass is 10.1. The lowest BCUT2D eigenvalue weighted by Gasteiger charge is -2.20. The summed E-state index contributed by atoms with van der Waals surface area (Å²) in [5.41, 5.74) is 2.28. The molecule has 0 aliphatic rings. The van der Waals surface area contributed by atoms with Gasteiger partial charge in [0.2, 0.25) is 0 Å². The minimum Gasteiger partial charge on any atom is -0.327 e. The van der Waals surface area contributed by atoms with E-state index in [9.17, 15) is 0 Å². The average molecular weight is 284 g/mol. The number of aromatic nitrogens is 2. The summed E-state index contributed by atoms with van der Waals surface area (Å²) < 4.78 is 0. The van der Waals surface area contributed by atoms with E-state index in [1.54, 1.807) is 0 Å². The van der Waals surface area contributed by atoms with Gasteiger partial charge in [-0.05, 0) is 24.6 Å². The van der Waals surface area contributed by atoms with E-state index in [0.29, 0.717) is 5.15 Å². The van der Waals surface area contributed by atoms with Crippen LogP contribution in [0.25, 0.3) is 10.8 Å². The number of benzene rings is 2. The molecule has 100 valence electrons. The first-order valence-corrected chi connectivity index (χ1v) is 6.76. The van der Waals surface area contributed by atoms with Gasteiger partial charge >= 0.3 is 0 Å². The standard InChI is InChI=1S/C16H14ClN3/c1-11-6-5-7-12(10-11)20(2)16-14-9-4-3-8-13(14)15(17)18-19-16/h3-10H,1-2H3. The molecular weight excluding hydrogens is 270 g/mol. The first-order chi connectivity index (χ1) is 9.66. The van der Waals surface area contributed by atoms with Gasteiger partial charge in [0.05, 0.1) is 0 Å². The van der Waals surface area contributed by atoms with Gasteiger partial charge in [-0.3, -0.25) is 0 Å². The largest absolute Gasteiger partial charge is 0.327 e. The van der Waals surface area contributed by atoms with E-state index in [4.69, 9.17) is 11.6 Å². The Morgan fingerprint density at radius 1 is 0.950 bits per heavy atom. The van der Waals surface area contributed by atoms with Gasteiger partial charge in [-0.25, -0.2) is 0 Å². The third-order valence-corrected chi connectivity index (χ3v) is 3.61. The van der Waals surface area contributed by atoms with Crippen LogP contribution in [0.1, 0.15) is 5.56 Å². The molecule has 0 atom stereocenters. The van der Waals surface area contributed by atoms with Crippen LogP contribution < -0.4 is 4.90 Å². The number of halogens is 1. The summed E-state index contributed by atoms with van der Waals surface area (Å²) >= 11 is 6.11. The highest BCUT2D eigenvalue weighted by Crippen LogP contribution is 2.31. The summed E-state index contributed by atoms with van der Waals surface area (Å²) in [5.74, 6) is 0.801. The van der Waals surface area contributed by atoms with Gasteiger partial charge in [-0.1, -0.05) is 48.0 Å². The molecule has 0 radical (unpaired) electrons. The number of hydrogen-bond donors (Lipinski definition) is 0. The van der Waals surface area contributed by atoms with Crippen molar-refractivity contribution in [1.29, 1.82) is 0 Å². The molecule has 0 fully saturated rings. The molecule has 0 N–H and O–H groups in total. The van der Waals surface area contributed by atoms with Gasteiger partial charge < -0.3 is 4.90 Å². The van der Waals surface area contributed by atoms with Gasteiger partial charge in [0.1, 0.15) is 0 Å². The number of rotatable bonds is 2. The van der Waals surface area contributed by atoms with Crippen LogP contribution in [0, 0.1) is 6.92 Å². The molecule has 2 aromatic carbocycles. The lowest BCUT2D eigenvalue weighted by Crippen LogP contribution is -2.12. The van der Waals surface area contributed by atoms with E-state index in [0.717, 1.165) is 22.3 Å². The van der Waals surface area contributed by atoms with Crippen LogP contribution in [-0.4, -0.2) is 17.2 Å². The molecule has 0 amide bonds. The van der Waals surface area contributed by atoms with Crippen LogP contribution in [-0.2, 0) is 0 Å². The highest BCUT2D eigenvalue weighted by molar-refractivity contribution is 6.34. The van der Waals surface area contributed by atoms with Gasteiger partial charge in [0.15, 0.2) is 11.0 Å². The second kappa shape index (κ2) is 5.10. The summed E-state index contributed by atoms with van der Waals surface area (Å²) in [5, 5.41) is 10.7. The molecule has 20 heavy (non-hydrogen) atoms. The van der Waals surface area contributed by atoms with E-state index in [2.05, 4.69) is 35.3 Å². The molecule has 0 aliphatic carbocycles. The Morgan fingerprint density at radius 3 is 2.45 bits per heavy atom. The van der Waals surface area contributed by atoms with Crippen molar-refractivity contribution in [3.63, 3.8) is 0 Å². The summed E-state index contributed by atoms with van der Waals surface area (Å²) in [6.45, 7) is 2.07. The molecule has 0 saturated carbocycles.